The van der Waals surface area contributed by atoms with Crippen molar-refractivity contribution in [2.75, 3.05) is 10.2 Å². The fraction of sp³-hybridized carbons (Fsp3) is 0.217. The molecule has 0 aliphatic carbocycles. The lowest BCUT2D eigenvalue weighted by Gasteiger charge is -2.25. The minimum atomic E-state index is -0.142. The van der Waals surface area contributed by atoms with Crippen LogP contribution in [0.1, 0.15) is 34.0 Å². The van der Waals surface area contributed by atoms with Gasteiger partial charge in [-0.1, -0.05) is 35.9 Å². The number of aryl methyl sites for hydroxylation is 2. The molecule has 0 fully saturated rings. The Morgan fingerprint density at radius 2 is 1.93 bits per heavy atom. The van der Waals surface area contributed by atoms with Crippen molar-refractivity contribution < 1.29 is 4.79 Å². The van der Waals surface area contributed by atoms with Gasteiger partial charge in [0.1, 0.15) is 0 Å². The van der Waals surface area contributed by atoms with E-state index < -0.39 is 0 Å². The van der Waals surface area contributed by atoms with Gasteiger partial charge in [-0.2, -0.15) is 0 Å². The van der Waals surface area contributed by atoms with Gasteiger partial charge in [0.15, 0.2) is 0 Å². The van der Waals surface area contributed by atoms with Gasteiger partial charge in [0, 0.05) is 23.6 Å². The van der Waals surface area contributed by atoms with Crippen LogP contribution in [-0.4, -0.2) is 16.9 Å². The number of aromatic nitrogens is 1. The molecule has 4 rings (SSSR count). The van der Waals surface area contributed by atoms with Crippen LogP contribution in [0.2, 0.25) is 0 Å². The summed E-state index contributed by atoms with van der Waals surface area (Å²) in [5.41, 5.74) is 7.08. The molecule has 1 aliphatic rings. The Kier molecular flexibility index (Phi) is 4.40. The maximum atomic E-state index is 12.8. The maximum Gasteiger partial charge on any atom is 0.257 e. The SMILES string of the molecule is Cc1ccc(NC(=O)c2cncc(N3c4ccccc4CC3C)c2)c(C)c1. The van der Waals surface area contributed by atoms with Gasteiger partial charge in [0.25, 0.3) is 5.91 Å². The zero-order chi connectivity index (χ0) is 19.0. The van der Waals surface area contributed by atoms with E-state index in [2.05, 4.69) is 46.4 Å². The minimum absolute atomic E-state index is 0.142. The highest BCUT2D eigenvalue weighted by Crippen LogP contribution is 2.37. The molecule has 0 bridgehead atoms. The molecule has 0 radical (unpaired) electrons. The number of carbonyl (C=O) groups is 1. The summed E-state index contributed by atoms with van der Waals surface area (Å²) in [6.45, 7) is 6.24. The predicted molar refractivity (Wildman–Crippen MR) is 110 cm³/mol. The van der Waals surface area contributed by atoms with Crippen molar-refractivity contribution >= 4 is 23.0 Å². The van der Waals surface area contributed by atoms with Crippen LogP contribution in [0.15, 0.2) is 60.9 Å². The largest absolute Gasteiger partial charge is 0.337 e. The van der Waals surface area contributed by atoms with E-state index in [1.165, 1.54) is 16.8 Å². The molecule has 27 heavy (non-hydrogen) atoms. The summed E-state index contributed by atoms with van der Waals surface area (Å²) in [4.78, 5) is 19.4. The second-order valence-corrected chi connectivity index (χ2v) is 7.26. The number of hydrogen-bond donors (Lipinski definition) is 1. The first-order valence-electron chi connectivity index (χ1n) is 9.24. The van der Waals surface area contributed by atoms with E-state index in [9.17, 15) is 4.79 Å². The average Bonchev–Trinajstić information content (AvgIpc) is 2.99. The molecular weight excluding hydrogens is 334 g/mol. The van der Waals surface area contributed by atoms with Crippen molar-refractivity contribution in [3.05, 3.63) is 83.2 Å². The second kappa shape index (κ2) is 6.88. The topological polar surface area (TPSA) is 45.2 Å². The molecule has 0 saturated heterocycles. The van der Waals surface area contributed by atoms with E-state index in [4.69, 9.17) is 0 Å². The van der Waals surface area contributed by atoms with E-state index in [-0.39, 0.29) is 5.91 Å². The lowest BCUT2D eigenvalue weighted by Crippen LogP contribution is -2.24. The fourth-order valence-corrected chi connectivity index (χ4v) is 3.79. The number of nitrogens with one attached hydrogen (secondary N) is 1. The number of nitrogens with zero attached hydrogens (tertiary/aromatic N) is 2. The Labute approximate surface area is 159 Å². The van der Waals surface area contributed by atoms with Gasteiger partial charge in [-0.05, 0) is 56.5 Å². The molecule has 1 unspecified atom stereocenters. The number of para-hydroxylation sites is 1. The number of rotatable bonds is 3. The van der Waals surface area contributed by atoms with Gasteiger partial charge in [0.2, 0.25) is 0 Å². The van der Waals surface area contributed by atoms with Gasteiger partial charge in [-0.15, -0.1) is 0 Å². The summed E-state index contributed by atoms with van der Waals surface area (Å²) in [5, 5.41) is 3.00. The molecule has 0 spiro atoms. The van der Waals surface area contributed by atoms with E-state index in [1.54, 1.807) is 6.20 Å². The summed E-state index contributed by atoms with van der Waals surface area (Å²) in [7, 11) is 0. The van der Waals surface area contributed by atoms with Crippen molar-refractivity contribution in [1.82, 2.24) is 4.98 Å². The zero-order valence-corrected chi connectivity index (χ0v) is 15.9. The Hall–Kier alpha value is -3.14. The van der Waals surface area contributed by atoms with Gasteiger partial charge in [0.05, 0.1) is 17.4 Å². The molecule has 3 aromatic rings. The molecule has 4 nitrogen and oxygen atoms in total. The Morgan fingerprint density at radius 1 is 1.11 bits per heavy atom. The van der Waals surface area contributed by atoms with Crippen LogP contribution in [0.3, 0.4) is 0 Å². The van der Waals surface area contributed by atoms with E-state index in [0.717, 1.165) is 23.4 Å². The van der Waals surface area contributed by atoms with Crippen molar-refractivity contribution in [1.29, 1.82) is 0 Å². The first kappa shape index (κ1) is 17.3. The van der Waals surface area contributed by atoms with E-state index in [0.29, 0.717) is 11.6 Å². The summed E-state index contributed by atoms with van der Waals surface area (Å²) in [6, 6.07) is 16.7. The standard InChI is InChI=1S/C23H23N3O/c1-15-8-9-21(16(2)10-15)25-23(27)19-12-20(14-24-13-19)26-17(3)11-18-6-4-5-7-22(18)26/h4-10,12-14,17H,11H2,1-3H3,(H,25,27). The quantitative estimate of drug-likeness (QED) is 0.715. The van der Waals surface area contributed by atoms with Gasteiger partial charge < -0.3 is 10.2 Å². The Balaban J connectivity index is 1.62. The zero-order valence-electron chi connectivity index (χ0n) is 15.9. The van der Waals surface area contributed by atoms with Crippen molar-refractivity contribution in [2.45, 2.75) is 33.2 Å². The maximum absolute atomic E-state index is 12.8. The molecule has 1 aliphatic heterocycles. The number of anilines is 3. The Morgan fingerprint density at radius 3 is 2.74 bits per heavy atom. The third-order valence-electron chi connectivity index (χ3n) is 5.10. The molecule has 0 saturated carbocycles. The molecule has 136 valence electrons. The second-order valence-electron chi connectivity index (χ2n) is 7.26. The molecule has 1 N–H and O–H groups in total. The number of amides is 1. The number of benzene rings is 2. The summed E-state index contributed by atoms with van der Waals surface area (Å²) >= 11 is 0. The lowest BCUT2D eigenvalue weighted by molar-refractivity contribution is 0.102. The van der Waals surface area contributed by atoms with Crippen molar-refractivity contribution in [2.24, 2.45) is 0 Å². The van der Waals surface area contributed by atoms with Crippen LogP contribution in [0.4, 0.5) is 17.1 Å². The van der Waals surface area contributed by atoms with Gasteiger partial charge >= 0.3 is 0 Å². The summed E-state index contributed by atoms with van der Waals surface area (Å²) < 4.78 is 0. The van der Waals surface area contributed by atoms with E-state index >= 15 is 0 Å². The average molecular weight is 357 g/mol. The van der Waals surface area contributed by atoms with Crippen LogP contribution in [0.25, 0.3) is 0 Å². The number of hydrogen-bond acceptors (Lipinski definition) is 3. The van der Waals surface area contributed by atoms with Crippen LogP contribution in [0, 0.1) is 13.8 Å². The summed E-state index contributed by atoms with van der Waals surface area (Å²) in [5.74, 6) is -0.142. The Bertz CT molecular complexity index is 1010. The highest BCUT2D eigenvalue weighted by molar-refractivity contribution is 6.05. The smallest absolute Gasteiger partial charge is 0.257 e. The normalized spacial score (nSPS) is 15.5. The number of pyridine rings is 1. The van der Waals surface area contributed by atoms with Gasteiger partial charge in [-0.3, -0.25) is 9.78 Å². The number of fused-ring (bicyclic) bond motifs is 1. The number of carbonyl (C=O) groups excluding carboxylic acids is 1. The summed E-state index contributed by atoms with van der Waals surface area (Å²) in [6.07, 6.45) is 4.44. The first-order valence-corrected chi connectivity index (χ1v) is 9.24. The molecular formula is C23H23N3O. The molecule has 2 heterocycles. The third-order valence-corrected chi connectivity index (χ3v) is 5.10. The van der Waals surface area contributed by atoms with Crippen LogP contribution in [0.5, 0.6) is 0 Å². The van der Waals surface area contributed by atoms with Crippen molar-refractivity contribution in [3.63, 3.8) is 0 Å². The third kappa shape index (κ3) is 3.31. The first-order chi connectivity index (χ1) is 13.0. The molecule has 1 amide bonds. The highest BCUT2D eigenvalue weighted by Gasteiger charge is 2.27. The predicted octanol–water partition coefficient (Wildman–Crippen LogP) is 5.03. The molecule has 1 atom stereocenters. The molecule has 4 heteroatoms. The monoisotopic (exact) mass is 357 g/mol. The molecule has 1 aromatic heterocycles. The molecule has 2 aromatic carbocycles. The lowest BCUT2D eigenvalue weighted by atomic mass is 10.1. The van der Waals surface area contributed by atoms with Crippen molar-refractivity contribution in [3.8, 4) is 0 Å². The fourth-order valence-electron chi connectivity index (χ4n) is 3.79. The highest BCUT2D eigenvalue weighted by atomic mass is 16.1. The van der Waals surface area contributed by atoms with Crippen LogP contribution < -0.4 is 10.2 Å². The van der Waals surface area contributed by atoms with Gasteiger partial charge in [-0.25, -0.2) is 0 Å². The van der Waals surface area contributed by atoms with Crippen LogP contribution >= 0.6 is 0 Å². The van der Waals surface area contributed by atoms with Crippen LogP contribution in [-0.2, 0) is 6.42 Å². The minimum Gasteiger partial charge on any atom is -0.337 e. The van der Waals surface area contributed by atoms with E-state index in [1.807, 2.05) is 44.3 Å².